The van der Waals surface area contributed by atoms with Gasteiger partial charge in [0.1, 0.15) is 30.0 Å². The number of aliphatic hydroxyl groups excluding tert-OH is 1. The van der Waals surface area contributed by atoms with Crippen LogP contribution in [-0.4, -0.2) is 34.7 Å². The first-order valence-electron chi connectivity index (χ1n) is 10.6. The van der Waals surface area contributed by atoms with Crippen molar-refractivity contribution in [1.82, 2.24) is 0 Å². The van der Waals surface area contributed by atoms with Gasteiger partial charge in [-0.05, 0) is 71.5 Å². The Labute approximate surface area is 245 Å². The molecule has 0 saturated carbocycles. The summed E-state index contributed by atoms with van der Waals surface area (Å²) in [5.41, 5.74) is 5.30. The molecule has 2 amide bonds. The smallest absolute Gasteiger partial charge is 0.585 e. The van der Waals surface area contributed by atoms with Gasteiger partial charge in [-0.3, -0.25) is 0 Å². The summed E-state index contributed by atoms with van der Waals surface area (Å²) in [6.07, 6.45) is 0.476. The number of hydrogen-bond donors (Lipinski definition) is 1. The number of carbonyl (C=O) groups is 2. The Morgan fingerprint density at radius 3 is 2.38 bits per heavy atom. The standard InChI is InChI=1S/C26H25NO5S.K/c1-17-13-22(31-12-11-28)9-10-23(17)20-4-2-3-19(14-20)16-32-21-7-5-18(6-8-21)15-24-25(29)27-26(30)33-24;/h2-10,13-14,24,28H,11-12,15-16H2,1H3,(H,27,29,30);/q;+1/p-1. The van der Waals surface area contributed by atoms with Crippen molar-refractivity contribution in [3.63, 3.8) is 0 Å². The minimum absolute atomic E-state index is 0. The predicted molar refractivity (Wildman–Crippen MR) is 129 cm³/mol. The van der Waals surface area contributed by atoms with Crippen molar-refractivity contribution in [2.24, 2.45) is 0 Å². The fourth-order valence-electron chi connectivity index (χ4n) is 3.63. The van der Waals surface area contributed by atoms with E-state index >= 15 is 0 Å². The summed E-state index contributed by atoms with van der Waals surface area (Å²) in [4.78, 5) is 22.9. The number of rotatable bonds is 9. The summed E-state index contributed by atoms with van der Waals surface area (Å²) in [5, 5.41) is 11.5. The SMILES string of the molecule is Cc1cc(OCCO)ccc1-c1cccc(COc2ccc(CC3SC(=O)[N-]C3=O)cc2)c1.[K+]. The molecule has 1 saturated heterocycles. The van der Waals surface area contributed by atoms with Gasteiger partial charge in [0.05, 0.1) is 17.8 Å². The average molecular weight is 502 g/mol. The Morgan fingerprint density at radius 1 is 0.941 bits per heavy atom. The molecule has 0 radical (unpaired) electrons. The Hall–Kier alpha value is -1.65. The maximum atomic E-state index is 11.7. The number of nitrogens with zero attached hydrogens (tertiary/aromatic N) is 1. The van der Waals surface area contributed by atoms with E-state index in [-0.39, 0.29) is 70.5 Å². The van der Waals surface area contributed by atoms with E-state index in [9.17, 15) is 9.59 Å². The molecule has 0 spiro atoms. The van der Waals surface area contributed by atoms with Gasteiger partial charge >= 0.3 is 51.4 Å². The third-order valence-corrected chi connectivity index (χ3v) is 6.21. The fourth-order valence-corrected chi connectivity index (χ4v) is 4.45. The van der Waals surface area contributed by atoms with Crippen LogP contribution in [0.25, 0.3) is 16.4 Å². The minimum Gasteiger partial charge on any atom is -0.585 e. The van der Waals surface area contributed by atoms with Gasteiger partial charge in [-0.2, -0.15) is 0 Å². The maximum Gasteiger partial charge on any atom is 1.00 e. The molecule has 3 aromatic carbocycles. The summed E-state index contributed by atoms with van der Waals surface area (Å²) in [7, 11) is 0. The van der Waals surface area contributed by atoms with Gasteiger partial charge in [-0.1, -0.05) is 48.2 Å². The number of amides is 2. The number of aryl methyl sites for hydroxylation is 1. The fraction of sp³-hybridized carbons (Fsp3) is 0.231. The molecule has 4 rings (SSSR count). The van der Waals surface area contributed by atoms with Gasteiger partial charge in [-0.15, -0.1) is 0 Å². The molecule has 8 heteroatoms. The topological polar surface area (TPSA) is 86.9 Å². The van der Waals surface area contributed by atoms with E-state index in [0.717, 1.165) is 51.1 Å². The van der Waals surface area contributed by atoms with Crippen LogP contribution in [0.4, 0.5) is 4.79 Å². The third-order valence-electron chi connectivity index (χ3n) is 5.27. The van der Waals surface area contributed by atoms with Gasteiger partial charge in [0.2, 0.25) is 0 Å². The van der Waals surface area contributed by atoms with Crippen molar-refractivity contribution in [3.8, 4) is 22.6 Å². The van der Waals surface area contributed by atoms with Crippen LogP contribution in [0.15, 0.2) is 66.7 Å². The molecule has 1 aliphatic heterocycles. The van der Waals surface area contributed by atoms with E-state index in [4.69, 9.17) is 14.6 Å². The number of imide groups is 1. The molecular weight excluding hydrogens is 477 g/mol. The quantitative estimate of drug-likeness (QED) is 0.453. The molecule has 170 valence electrons. The first-order valence-corrected chi connectivity index (χ1v) is 11.5. The molecule has 1 unspecified atom stereocenters. The van der Waals surface area contributed by atoms with Gasteiger partial charge < -0.3 is 29.5 Å². The molecular formula is C26H24KNO5S. The van der Waals surface area contributed by atoms with Gasteiger partial charge in [-0.25, -0.2) is 0 Å². The third kappa shape index (κ3) is 7.18. The average Bonchev–Trinajstić information content (AvgIpc) is 3.13. The van der Waals surface area contributed by atoms with Crippen molar-refractivity contribution in [2.45, 2.75) is 25.2 Å². The van der Waals surface area contributed by atoms with Crippen LogP contribution in [0.2, 0.25) is 0 Å². The number of aliphatic hydroxyl groups is 1. The zero-order chi connectivity index (χ0) is 23.2. The second-order valence-corrected chi connectivity index (χ2v) is 8.86. The maximum absolute atomic E-state index is 11.7. The van der Waals surface area contributed by atoms with E-state index in [2.05, 4.69) is 17.4 Å². The van der Waals surface area contributed by atoms with E-state index in [1.165, 1.54) is 0 Å². The first-order chi connectivity index (χ1) is 16.0. The zero-order valence-corrected chi connectivity index (χ0v) is 23.1. The largest absolute Gasteiger partial charge is 1.00 e. The van der Waals surface area contributed by atoms with Crippen LogP contribution in [0.1, 0.15) is 16.7 Å². The number of carbonyl (C=O) groups excluding carboxylic acids is 2. The molecule has 0 aromatic heterocycles. The molecule has 3 aromatic rings. The van der Waals surface area contributed by atoms with Crippen molar-refractivity contribution in [3.05, 3.63) is 88.7 Å². The Balaban J connectivity index is 0.00000324. The molecule has 1 atom stereocenters. The van der Waals surface area contributed by atoms with Crippen molar-refractivity contribution in [1.29, 1.82) is 0 Å². The van der Waals surface area contributed by atoms with Gasteiger partial charge in [0, 0.05) is 0 Å². The minimum atomic E-state index is -0.425. The van der Waals surface area contributed by atoms with Crippen LogP contribution >= 0.6 is 11.8 Å². The summed E-state index contributed by atoms with van der Waals surface area (Å²) < 4.78 is 11.4. The predicted octanol–water partition coefficient (Wildman–Crippen LogP) is 2.29. The van der Waals surface area contributed by atoms with Crippen LogP contribution in [0.3, 0.4) is 0 Å². The molecule has 0 aliphatic carbocycles. The molecule has 1 N–H and O–H groups in total. The summed E-state index contributed by atoms with van der Waals surface area (Å²) in [6.45, 7) is 2.73. The summed E-state index contributed by atoms with van der Waals surface area (Å²) >= 11 is 0.981. The molecule has 1 heterocycles. The van der Waals surface area contributed by atoms with Crippen LogP contribution < -0.4 is 60.9 Å². The first kappa shape index (κ1) is 26.9. The Morgan fingerprint density at radius 2 is 1.71 bits per heavy atom. The second kappa shape index (κ2) is 12.9. The van der Waals surface area contributed by atoms with Crippen LogP contribution in [0, 0.1) is 6.92 Å². The van der Waals surface area contributed by atoms with Crippen molar-refractivity contribution < 1.29 is 75.6 Å². The van der Waals surface area contributed by atoms with Crippen LogP contribution in [-0.2, 0) is 17.8 Å². The zero-order valence-electron chi connectivity index (χ0n) is 19.2. The summed E-state index contributed by atoms with van der Waals surface area (Å²) in [5.74, 6) is 1.12. The molecule has 34 heavy (non-hydrogen) atoms. The van der Waals surface area contributed by atoms with Gasteiger partial charge in [0.15, 0.2) is 0 Å². The molecule has 6 nitrogen and oxygen atoms in total. The Bertz CT molecular complexity index is 1150. The van der Waals surface area contributed by atoms with Crippen LogP contribution in [0.5, 0.6) is 11.5 Å². The number of hydrogen-bond acceptors (Lipinski definition) is 6. The number of benzene rings is 3. The van der Waals surface area contributed by atoms with Crippen molar-refractivity contribution in [2.75, 3.05) is 13.2 Å². The normalized spacial score (nSPS) is 14.9. The van der Waals surface area contributed by atoms with E-state index < -0.39 is 10.5 Å². The van der Waals surface area contributed by atoms with E-state index in [1.54, 1.807) is 0 Å². The number of thioether (sulfide) groups is 1. The number of ether oxygens (including phenoxy) is 2. The van der Waals surface area contributed by atoms with E-state index in [1.807, 2.05) is 61.5 Å². The molecule has 0 bridgehead atoms. The molecule has 1 fully saturated rings. The summed E-state index contributed by atoms with van der Waals surface area (Å²) in [6, 6.07) is 21.7. The van der Waals surface area contributed by atoms with E-state index in [0.29, 0.717) is 13.0 Å². The van der Waals surface area contributed by atoms with Gasteiger partial charge in [0.25, 0.3) is 0 Å². The monoisotopic (exact) mass is 501 g/mol. The second-order valence-electron chi connectivity index (χ2n) is 7.71. The molecule has 1 aliphatic rings. The van der Waals surface area contributed by atoms with Crippen molar-refractivity contribution >= 4 is 22.9 Å². The Kier molecular flexibility index (Phi) is 10.2.